The van der Waals surface area contributed by atoms with Gasteiger partial charge in [-0.2, -0.15) is 9.97 Å². The van der Waals surface area contributed by atoms with E-state index in [1.807, 2.05) is 13.0 Å². The standard InChI is InChI=1S/C13H23N5/c1-4-15-11-7-12(17-13(14)16-11)18(9(2)3)8-10-5-6-10/h7,9-10H,4-6,8H2,1-3H3,(H3,14,15,16,17). The monoisotopic (exact) mass is 249 g/mol. The summed E-state index contributed by atoms with van der Waals surface area (Å²) in [7, 11) is 0. The number of hydrogen-bond acceptors (Lipinski definition) is 5. The molecule has 100 valence electrons. The molecule has 0 unspecified atom stereocenters. The Bertz CT molecular complexity index is 400. The number of nitrogens with two attached hydrogens (primary N) is 1. The summed E-state index contributed by atoms with van der Waals surface area (Å²) in [4.78, 5) is 10.9. The van der Waals surface area contributed by atoms with E-state index in [1.54, 1.807) is 0 Å². The molecule has 0 spiro atoms. The van der Waals surface area contributed by atoms with E-state index in [0.717, 1.165) is 30.6 Å². The fourth-order valence-corrected chi connectivity index (χ4v) is 2.02. The van der Waals surface area contributed by atoms with Crippen molar-refractivity contribution in [1.29, 1.82) is 0 Å². The fourth-order valence-electron chi connectivity index (χ4n) is 2.02. The molecule has 1 saturated carbocycles. The van der Waals surface area contributed by atoms with Crippen LogP contribution >= 0.6 is 0 Å². The molecule has 1 aliphatic carbocycles. The van der Waals surface area contributed by atoms with Crippen LogP contribution in [0.3, 0.4) is 0 Å². The second-order valence-electron chi connectivity index (χ2n) is 5.19. The average Bonchev–Trinajstić information content (AvgIpc) is 3.08. The number of nitrogens with one attached hydrogen (secondary N) is 1. The molecule has 1 aromatic rings. The van der Waals surface area contributed by atoms with Crippen molar-refractivity contribution in [2.24, 2.45) is 5.92 Å². The summed E-state index contributed by atoms with van der Waals surface area (Å²) < 4.78 is 0. The molecule has 0 amide bonds. The molecule has 1 fully saturated rings. The van der Waals surface area contributed by atoms with E-state index in [-0.39, 0.29) is 0 Å². The maximum Gasteiger partial charge on any atom is 0.223 e. The maximum atomic E-state index is 5.79. The van der Waals surface area contributed by atoms with E-state index >= 15 is 0 Å². The summed E-state index contributed by atoms with van der Waals surface area (Å²) >= 11 is 0. The molecule has 1 aliphatic rings. The van der Waals surface area contributed by atoms with Crippen LogP contribution in [-0.4, -0.2) is 29.1 Å². The molecule has 0 atom stereocenters. The first kappa shape index (κ1) is 12.9. The van der Waals surface area contributed by atoms with Crippen molar-refractivity contribution < 1.29 is 0 Å². The van der Waals surface area contributed by atoms with Gasteiger partial charge in [-0.05, 0) is 39.5 Å². The van der Waals surface area contributed by atoms with E-state index in [0.29, 0.717) is 12.0 Å². The second-order valence-corrected chi connectivity index (χ2v) is 5.19. The van der Waals surface area contributed by atoms with Crippen molar-refractivity contribution in [1.82, 2.24) is 9.97 Å². The third kappa shape index (κ3) is 3.24. The quantitative estimate of drug-likeness (QED) is 0.808. The van der Waals surface area contributed by atoms with Crippen LogP contribution < -0.4 is 16.0 Å². The molecule has 0 radical (unpaired) electrons. The highest BCUT2D eigenvalue weighted by atomic mass is 15.2. The Hall–Kier alpha value is -1.52. The zero-order valence-electron chi connectivity index (χ0n) is 11.5. The molecule has 1 heterocycles. The second kappa shape index (κ2) is 5.42. The lowest BCUT2D eigenvalue weighted by atomic mass is 10.2. The van der Waals surface area contributed by atoms with Crippen LogP contribution in [0, 0.1) is 5.92 Å². The smallest absolute Gasteiger partial charge is 0.223 e. The third-order valence-corrected chi connectivity index (χ3v) is 3.16. The van der Waals surface area contributed by atoms with Gasteiger partial charge in [0, 0.05) is 25.2 Å². The molecule has 18 heavy (non-hydrogen) atoms. The Morgan fingerprint density at radius 2 is 2.17 bits per heavy atom. The molecule has 3 N–H and O–H groups in total. The number of nitrogens with zero attached hydrogens (tertiary/aromatic N) is 3. The van der Waals surface area contributed by atoms with Crippen molar-refractivity contribution >= 4 is 17.6 Å². The van der Waals surface area contributed by atoms with E-state index in [4.69, 9.17) is 5.73 Å². The lowest BCUT2D eigenvalue weighted by Crippen LogP contribution is -2.33. The lowest BCUT2D eigenvalue weighted by Gasteiger charge is -2.28. The molecule has 5 nitrogen and oxygen atoms in total. The van der Waals surface area contributed by atoms with Crippen LogP contribution in [0.5, 0.6) is 0 Å². The Balaban J connectivity index is 2.21. The number of aromatic nitrogens is 2. The number of hydrogen-bond donors (Lipinski definition) is 2. The summed E-state index contributed by atoms with van der Waals surface area (Å²) in [5.41, 5.74) is 5.79. The summed E-state index contributed by atoms with van der Waals surface area (Å²) in [6, 6.07) is 2.41. The van der Waals surface area contributed by atoms with Gasteiger partial charge in [-0.15, -0.1) is 0 Å². The highest BCUT2D eigenvalue weighted by Crippen LogP contribution is 2.32. The predicted molar refractivity (Wildman–Crippen MR) is 75.8 cm³/mol. The van der Waals surface area contributed by atoms with Crippen LogP contribution in [0.15, 0.2) is 6.07 Å². The Morgan fingerprint density at radius 3 is 2.72 bits per heavy atom. The molecule has 2 rings (SSSR count). The first-order valence-corrected chi connectivity index (χ1v) is 6.75. The minimum absolute atomic E-state index is 0.338. The highest BCUT2D eigenvalue weighted by molar-refractivity contribution is 5.53. The maximum absolute atomic E-state index is 5.79. The Kier molecular flexibility index (Phi) is 3.89. The van der Waals surface area contributed by atoms with Crippen LogP contribution in [0.2, 0.25) is 0 Å². The first-order valence-electron chi connectivity index (χ1n) is 6.75. The fraction of sp³-hybridized carbons (Fsp3) is 0.692. The van der Waals surface area contributed by atoms with Crippen molar-refractivity contribution in [3.05, 3.63) is 6.07 Å². The molecule has 1 aromatic heterocycles. The van der Waals surface area contributed by atoms with Gasteiger partial charge in [0.15, 0.2) is 0 Å². The molecule has 0 saturated heterocycles. The van der Waals surface area contributed by atoms with Crippen molar-refractivity contribution in [3.8, 4) is 0 Å². The number of nitrogen functional groups attached to an aromatic ring is 1. The SMILES string of the molecule is CCNc1cc(N(CC2CC2)C(C)C)nc(N)n1. The van der Waals surface area contributed by atoms with Crippen LogP contribution in [-0.2, 0) is 0 Å². The molecule has 0 aliphatic heterocycles. The molecule has 5 heteroatoms. The van der Waals surface area contributed by atoms with Gasteiger partial charge in [-0.25, -0.2) is 0 Å². The van der Waals surface area contributed by atoms with Gasteiger partial charge in [0.2, 0.25) is 5.95 Å². The lowest BCUT2D eigenvalue weighted by molar-refractivity contribution is 0.636. The predicted octanol–water partition coefficient (Wildman–Crippen LogP) is 2.12. The first-order chi connectivity index (χ1) is 8.60. The molecule has 0 aromatic carbocycles. The van der Waals surface area contributed by atoms with E-state index < -0.39 is 0 Å². The summed E-state index contributed by atoms with van der Waals surface area (Å²) in [6.45, 7) is 8.32. The third-order valence-electron chi connectivity index (χ3n) is 3.16. The minimum Gasteiger partial charge on any atom is -0.370 e. The van der Waals surface area contributed by atoms with Crippen LogP contribution in [0.4, 0.5) is 17.6 Å². The van der Waals surface area contributed by atoms with Gasteiger partial charge >= 0.3 is 0 Å². The number of rotatable bonds is 6. The Labute approximate surface area is 109 Å². The van der Waals surface area contributed by atoms with Gasteiger partial charge in [-0.3, -0.25) is 0 Å². The van der Waals surface area contributed by atoms with Crippen molar-refractivity contribution in [2.45, 2.75) is 39.7 Å². The van der Waals surface area contributed by atoms with Gasteiger partial charge in [-0.1, -0.05) is 0 Å². The van der Waals surface area contributed by atoms with Crippen LogP contribution in [0.1, 0.15) is 33.6 Å². The topological polar surface area (TPSA) is 67.1 Å². The summed E-state index contributed by atoms with van der Waals surface area (Å²) in [5.74, 6) is 2.90. The van der Waals surface area contributed by atoms with Gasteiger partial charge in [0.05, 0.1) is 0 Å². The van der Waals surface area contributed by atoms with E-state index in [1.165, 1.54) is 12.8 Å². The molecular formula is C13H23N5. The normalized spacial score (nSPS) is 14.9. The Morgan fingerprint density at radius 1 is 1.44 bits per heavy atom. The van der Waals surface area contributed by atoms with E-state index in [9.17, 15) is 0 Å². The van der Waals surface area contributed by atoms with Crippen molar-refractivity contribution in [3.63, 3.8) is 0 Å². The van der Waals surface area contributed by atoms with E-state index in [2.05, 4.69) is 34.0 Å². The average molecular weight is 249 g/mol. The largest absolute Gasteiger partial charge is 0.370 e. The molecule has 0 bridgehead atoms. The highest BCUT2D eigenvalue weighted by Gasteiger charge is 2.26. The van der Waals surface area contributed by atoms with Gasteiger partial charge in [0.1, 0.15) is 11.6 Å². The zero-order chi connectivity index (χ0) is 13.1. The van der Waals surface area contributed by atoms with Gasteiger partial charge < -0.3 is 16.0 Å². The number of anilines is 3. The van der Waals surface area contributed by atoms with Gasteiger partial charge in [0.25, 0.3) is 0 Å². The minimum atomic E-state index is 0.338. The van der Waals surface area contributed by atoms with Crippen LogP contribution in [0.25, 0.3) is 0 Å². The molecular weight excluding hydrogens is 226 g/mol. The summed E-state index contributed by atoms with van der Waals surface area (Å²) in [5, 5.41) is 3.19. The zero-order valence-corrected chi connectivity index (χ0v) is 11.5. The summed E-state index contributed by atoms with van der Waals surface area (Å²) in [6.07, 6.45) is 2.67. The van der Waals surface area contributed by atoms with Crippen molar-refractivity contribution in [2.75, 3.05) is 29.0 Å².